The Hall–Kier alpha value is -1.68. The number of hydrazone groups is 1. The number of benzene rings is 1. The first-order chi connectivity index (χ1) is 7.20. The lowest BCUT2D eigenvalue weighted by atomic mass is 10.2. The van der Waals surface area contributed by atoms with Crippen molar-refractivity contribution in [3.8, 4) is 0 Å². The van der Waals surface area contributed by atoms with Crippen molar-refractivity contribution in [1.29, 1.82) is 0 Å². The number of anilines is 1. The molecule has 4 nitrogen and oxygen atoms in total. The third kappa shape index (κ3) is 1.89. The SMILES string of the molecule is Cc1cccc(N2N=C(CN)CC2=O)c1. The summed E-state index contributed by atoms with van der Waals surface area (Å²) in [4.78, 5) is 11.6. The van der Waals surface area contributed by atoms with Gasteiger partial charge in [-0.3, -0.25) is 4.79 Å². The van der Waals surface area contributed by atoms with Crippen LogP contribution in [-0.4, -0.2) is 18.2 Å². The van der Waals surface area contributed by atoms with Crippen LogP contribution in [0.3, 0.4) is 0 Å². The lowest BCUT2D eigenvalue weighted by molar-refractivity contribution is -0.116. The molecular formula is C11H13N3O. The molecule has 0 aromatic heterocycles. The van der Waals surface area contributed by atoms with Crippen molar-refractivity contribution in [3.63, 3.8) is 0 Å². The van der Waals surface area contributed by atoms with Crippen molar-refractivity contribution in [1.82, 2.24) is 0 Å². The van der Waals surface area contributed by atoms with Gasteiger partial charge < -0.3 is 5.73 Å². The van der Waals surface area contributed by atoms with Crippen LogP contribution in [0, 0.1) is 6.92 Å². The first-order valence-corrected chi connectivity index (χ1v) is 4.87. The molecule has 1 aromatic carbocycles. The zero-order valence-corrected chi connectivity index (χ0v) is 8.60. The topological polar surface area (TPSA) is 58.7 Å². The second-order valence-corrected chi connectivity index (χ2v) is 3.59. The second-order valence-electron chi connectivity index (χ2n) is 3.59. The zero-order chi connectivity index (χ0) is 10.8. The highest BCUT2D eigenvalue weighted by Crippen LogP contribution is 2.20. The lowest BCUT2D eigenvalue weighted by Gasteiger charge is -2.11. The average Bonchev–Trinajstić information content (AvgIpc) is 2.60. The summed E-state index contributed by atoms with van der Waals surface area (Å²) in [6.07, 6.45) is 0.338. The summed E-state index contributed by atoms with van der Waals surface area (Å²) in [6, 6.07) is 7.69. The monoisotopic (exact) mass is 203 g/mol. The molecule has 0 saturated heterocycles. The summed E-state index contributed by atoms with van der Waals surface area (Å²) in [5.74, 6) is -0.0129. The van der Waals surface area contributed by atoms with Crippen molar-refractivity contribution in [2.75, 3.05) is 11.6 Å². The summed E-state index contributed by atoms with van der Waals surface area (Å²) in [7, 11) is 0. The standard InChI is InChI=1S/C11H13N3O/c1-8-3-2-4-10(5-8)14-11(15)6-9(7-12)13-14/h2-5H,6-7,12H2,1H3. The minimum atomic E-state index is -0.0129. The Morgan fingerprint density at radius 3 is 2.93 bits per heavy atom. The summed E-state index contributed by atoms with van der Waals surface area (Å²) in [5.41, 5.74) is 8.11. The maximum atomic E-state index is 11.6. The largest absolute Gasteiger partial charge is 0.325 e. The van der Waals surface area contributed by atoms with Gasteiger partial charge in [-0.1, -0.05) is 12.1 Å². The highest BCUT2D eigenvalue weighted by atomic mass is 16.2. The van der Waals surface area contributed by atoms with Crippen LogP contribution in [0.25, 0.3) is 0 Å². The van der Waals surface area contributed by atoms with Crippen molar-refractivity contribution >= 4 is 17.3 Å². The third-order valence-corrected chi connectivity index (χ3v) is 2.31. The van der Waals surface area contributed by atoms with E-state index < -0.39 is 0 Å². The second kappa shape index (κ2) is 3.82. The Kier molecular flexibility index (Phi) is 2.51. The van der Waals surface area contributed by atoms with E-state index in [2.05, 4.69) is 5.10 Å². The van der Waals surface area contributed by atoms with Crippen LogP contribution in [0.5, 0.6) is 0 Å². The molecule has 0 radical (unpaired) electrons. The predicted molar refractivity (Wildman–Crippen MR) is 59.8 cm³/mol. The number of carbonyl (C=O) groups excluding carboxylic acids is 1. The van der Waals surface area contributed by atoms with Gasteiger partial charge in [-0.25, -0.2) is 5.01 Å². The molecule has 4 heteroatoms. The number of amides is 1. The van der Waals surface area contributed by atoms with Crippen LogP contribution in [0.4, 0.5) is 5.69 Å². The van der Waals surface area contributed by atoms with Gasteiger partial charge in [-0.15, -0.1) is 0 Å². The van der Waals surface area contributed by atoms with Gasteiger partial charge in [0.15, 0.2) is 0 Å². The molecule has 1 aliphatic rings. The molecule has 78 valence electrons. The molecule has 0 saturated carbocycles. The van der Waals surface area contributed by atoms with Gasteiger partial charge in [0.1, 0.15) is 0 Å². The van der Waals surface area contributed by atoms with Gasteiger partial charge in [0.2, 0.25) is 0 Å². The molecule has 15 heavy (non-hydrogen) atoms. The van der Waals surface area contributed by atoms with Gasteiger partial charge in [0.25, 0.3) is 5.91 Å². The lowest BCUT2D eigenvalue weighted by Crippen LogP contribution is -2.19. The van der Waals surface area contributed by atoms with E-state index in [0.717, 1.165) is 17.0 Å². The fourth-order valence-electron chi connectivity index (χ4n) is 1.56. The fraction of sp³-hybridized carbons (Fsp3) is 0.273. The molecular weight excluding hydrogens is 190 g/mol. The fourth-order valence-corrected chi connectivity index (χ4v) is 1.56. The van der Waals surface area contributed by atoms with Gasteiger partial charge in [-0.2, -0.15) is 5.10 Å². The Labute approximate surface area is 88.4 Å². The molecule has 2 N–H and O–H groups in total. The number of hydrogen-bond acceptors (Lipinski definition) is 3. The van der Waals surface area contributed by atoms with Crippen molar-refractivity contribution in [2.45, 2.75) is 13.3 Å². The van der Waals surface area contributed by atoms with E-state index in [1.165, 1.54) is 5.01 Å². The normalized spacial score (nSPS) is 15.7. The molecule has 2 rings (SSSR count). The number of hydrogen-bond donors (Lipinski definition) is 1. The quantitative estimate of drug-likeness (QED) is 0.780. The molecule has 1 amide bonds. The van der Waals surface area contributed by atoms with Crippen LogP contribution in [-0.2, 0) is 4.79 Å². The zero-order valence-electron chi connectivity index (χ0n) is 8.60. The molecule has 0 atom stereocenters. The highest BCUT2D eigenvalue weighted by Gasteiger charge is 2.23. The van der Waals surface area contributed by atoms with Crippen LogP contribution in [0.1, 0.15) is 12.0 Å². The molecule has 0 unspecified atom stereocenters. The Bertz CT molecular complexity index is 426. The minimum Gasteiger partial charge on any atom is -0.325 e. The summed E-state index contributed by atoms with van der Waals surface area (Å²) < 4.78 is 0. The van der Waals surface area contributed by atoms with E-state index in [4.69, 9.17) is 5.73 Å². The van der Waals surface area contributed by atoms with E-state index in [1.54, 1.807) is 0 Å². The molecule has 0 fully saturated rings. The Balaban J connectivity index is 2.32. The minimum absolute atomic E-state index is 0.0129. The molecule has 1 heterocycles. The van der Waals surface area contributed by atoms with Gasteiger partial charge >= 0.3 is 0 Å². The highest BCUT2D eigenvalue weighted by molar-refractivity contribution is 6.13. The number of carbonyl (C=O) groups is 1. The van der Waals surface area contributed by atoms with E-state index >= 15 is 0 Å². The molecule has 0 aliphatic carbocycles. The summed E-state index contributed by atoms with van der Waals surface area (Å²) in [6.45, 7) is 2.33. The van der Waals surface area contributed by atoms with Crippen LogP contribution < -0.4 is 10.7 Å². The van der Waals surface area contributed by atoms with Crippen molar-refractivity contribution in [3.05, 3.63) is 29.8 Å². The van der Waals surface area contributed by atoms with Gasteiger partial charge in [-0.05, 0) is 24.6 Å². The van der Waals surface area contributed by atoms with E-state index in [-0.39, 0.29) is 5.91 Å². The number of nitrogens with zero attached hydrogens (tertiary/aromatic N) is 2. The van der Waals surface area contributed by atoms with E-state index in [1.807, 2.05) is 31.2 Å². The van der Waals surface area contributed by atoms with Gasteiger partial charge in [0, 0.05) is 6.54 Å². The van der Waals surface area contributed by atoms with Crippen molar-refractivity contribution < 1.29 is 4.79 Å². The third-order valence-electron chi connectivity index (χ3n) is 2.31. The smallest absolute Gasteiger partial charge is 0.253 e. The van der Waals surface area contributed by atoms with E-state index in [9.17, 15) is 4.79 Å². The molecule has 1 aromatic rings. The number of nitrogens with two attached hydrogens (primary N) is 1. The first kappa shape index (κ1) is 9.86. The maximum absolute atomic E-state index is 11.6. The molecule has 0 bridgehead atoms. The Morgan fingerprint density at radius 1 is 1.53 bits per heavy atom. The number of aryl methyl sites for hydroxylation is 1. The van der Waals surface area contributed by atoms with Crippen LogP contribution in [0.15, 0.2) is 29.4 Å². The van der Waals surface area contributed by atoms with Gasteiger partial charge in [0.05, 0.1) is 17.8 Å². The average molecular weight is 203 g/mol. The molecule has 1 aliphatic heterocycles. The predicted octanol–water partition coefficient (Wildman–Crippen LogP) is 1.05. The van der Waals surface area contributed by atoms with Crippen molar-refractivity contribution in [2.24, 2.45) is 10.8 Å². The van der Waals surface area contributed by atoms with E-state index in [0.29, 0.717) is 13.0 Å². The molecule has 0 spiro atoms. The van der Waals surface area contributed by atoms with Crippen LogP contribution >= 0.6 is 0 Å². The summed E-state index contributed by atoms with van der Waals surface area (Å²) >= 11 is 0. The maximum Gasteiger partial charge on any atom is 0.253 e. The van der Waals surface area contributed by atoms with Crippen LogP contribution in [0.2, 0.25) is 0 Å². The summed E-state index contributed by atoms with van der Waals surface area (Å²) in [5, 5.41) is 5.60. The first-order valence-electron chi connectivity index (χ1n) is 4.87. The number of rotatable bonds is 2. The Morgan fingerprint density at radius 2 is 2.33 bits per heavy atom.